The van der Waals surface area contributed by atoms with Crippen LogP contribution in [0.2, 0.25) is 0 Å². The summed E-state index contributed by atoms with van der Waals surface area (Å²) >= 11 is 3.30. The first-order chi connectivity index (χ1) is 15.3. The van der Waals surface area contributed by atoms with Crippen LogP contribution in [-0.4, -0.2) is 64.2 Å². The maximum absolute atomic E-state index is 12.1. The van der Waals surface area contributed by atoms with E-state index >= 15 is 0 Å². The fourth-order valence-corrected chi connectivity index (χ4v) is 3.84. The fourth-order valence-electron chi connectivity index (χ4n) is 3.61. The van der Waals surface area contributed by atoms with Crippen molar-refractivity contribution in [3.05, 3.63) is 59.7 Å². The van der Waals surface area contributed by atoms with E-state index in [1.807, 2.05) is 24.3 Å². The SMILES string of the molecule is O=C(NCCCOCCOCCOCCBr)OCC1c2ccccc2-c2ccccc21. The molecule has 7 heteroatoms. The lowest BCUT2D eigenvalue weighted by Crippen LogP contribution is -2.27. The predicted octanol–water partition coefficient (Wildman–Crippen LogP) is 4.36. The molecular weight excluding hydrogens is 462 g/mol. The number of carbonyl (C=O) groups excluding carboxylic acids is 1. The second kappa shape index (κ2) is 13.5. The number of ether oxygens (including phenoxy) is 4. The van der Waals surface area contributed by atoms with Crippen LogP contribution in [0, 0.1) is 0 Å². The molecule has 3 rings (SSSR count). The summed E-state index contributed by atoms with van der Waals surface area (Å²) in [5, 5.41) is 3.63. The van der Waals surface area contributed by atoms with Crippen molar-refractivity contribution < 1.29 is 23.7 Å². The second-order valence-electron chi connectivity index (χ2n) is 7.13. The summed E-state index contributed by atoms with van der Waals surface area (Å²) < 4.78 is 21.7. The minimum absolute atomic E-state index is 0.0753. The number of alkyl halides is 1. The number of halogens is 1. The molecule has 168 valence electrons. The Hall–Kier alpha value is -1.93. The lowest BCUT2D eigenvalue weighted by atomic mass is 9.98. The molecule has 0 saturated carbocycles. The van der Waals surface area contributed by atoms with E-state index in [9.17, 15) is 4.79 Å². The van der Waals surface area contributed by atoms with Crippen LogP contribution in [0.1, 0.15) is 23.5 Å². The van der Waals surface area contributed by atoms with Gasteiger partial charge in [0.25, 0.3) is 0 Å². The Morgan fingerprint density at radius 3 is 1.97 bits per heavy atom. The zero-order chi connectivity index (χ0) is 21.7. The summed E-state index contributed by atoms with van der Waals surface area (Å²) in [7, 11) is 0. The molecule has 1 amide bonds. The van der Waals surface area contributed by atoms with Gasteiger partial charge in [-0.2, -0.15) is 0 Å². The maximum atomic E-state index is 12.1. The zero-order valence-electron chi connectivity index (χ0n) is 17.7. The fraction of sp³-hybridized carbons (Fsp3) is 0.458. The number of hydrogen-bond donors (Lipinski definition) is 1. The van der Waals surface area contributed by atoms with Crippen molar-refractivity contribution in [1.82, 2.24) is 5.32 Å². The highest BCUT2D eigenvalue weighted by atomic mass is 79.9. The van der Waals surface area contributed by atoms with Crippen LogP contribution in [0.3, 0.4) is 0 Å². The minimum atomic E-state index is -0.395. The molecular formula is C24H30BrNO5. The summed E-state index contributed by atoms with van der Waals surface area (Å²) in [6, 6.07) is 16.6. The predicted molar refractivity (Wildman–Crippen MR) is 124 cm³/mol. The largest absolute Gasteiger partial charge is 0.449 e. The van der Waals surface area contributed by atoms with Gasteiger partial charge in [0.2, 0.25) is 0 Å². The Morgan fingerprint density at radius 1 is 0.806 bits per heavy atom. The lowest BCUT2D eigenvalue weighted by molar-refractivity contribution is 0.0171. The molecule has 1 N–H and O–H groups in total. The molecule has 6 nitrogen and oxygen atoms in total. The number of fused-ring (bicyclic) bond motifs is 3. The monoisotopic (exact) mass is 491 g/mol. The van der Waals surface area contributed by atoms with Crippen molar-refractivity contribution in [1.29, 1.82) is 0 Å². The summed E-state index contributed by atoms with van der Waals surface area (Å²) in [5.74, 6) is 0.0753. The molecule has 1 aliphatic rings. The Balaban J connectivity index is 1.26. The summed E-state index contributed by atoms with van der Waals surface area (Å²) in [6.45, 7) is 4.32. The van der Waals surface area contributed by atoms with Gasteiger partial charge >= 0.3 is 6.09 Å². The normalized spacial score (nSPS) is 12.4. The molecule has 31 heavy (non-hydrogen) atoms. The van der Waals surface area contributed by atoms with E-state index in [-0.39, 0.29) is 5.92 Å². The van der Waals surface area contributed by atoms with E-state index in [4.69, 9.17) is 18.9 Å². The van der Waals surface area contributed by atoms with Gasteiger partial charge in [0.05, 0.1) is 33.0 Å². The number of benzene rings is 2. The number of alkyl carbamates (subject to hydrolysis) is 1. The van der Waals surface area contributed by atoms with Crippen LogP contribution in [-0.2, 0) is 18.9 Å². The average molecular weight is 492 g/mol. The third-order valence-corrected chi connectivity index (χ3v) is 5.37. The summed E-state index contributed by atoms with van der Waals surface area (Å²) in [6.07, 6.45) is 0.326. The zero-order valence-corrected chi connectivity index (χ0v) is 19.3. The minimum Gasteiger partial charge on any atom is -0.449 e. The molecule has 0 fully saturated rings. The van der Waals surface area contributed by atoms with Gasteiger partial charge in [0.1, 0.15) is 6.61 Å². The number of nitrogens with one attached hydrogen (secondary N) is 1. The van der Waals surface area contributed by atoms with Gasteiger partial charge in [0, 0.05) is 24.4 Å². The summed E-state index contributed by atoms with van der Waals surface area (Å²) in [4.78, 5) is 12.1. The summed E-state index contributed by atoms with van der Waals surface area (Å²) in [5.41, 5.74) is 4.86. The van der Waals surface area contributed by atoms with Crippen LogP contribution in [0.15, 0.2) is 48.5 Å². The molecule has 1 aliphatic carbocycles. The van der Waals surface area contributed by atoms with Crippen LogP contribution in [0.5, 0.6) is 0 Å². The van der Waals surface area contributed by atoms with Crippen LogP contribution < -0.4 is 5.32 Å². The highest BCUT2D eigenvalue weighted by Crippen LogP contribution is 2.44. The molecule has 0 radical (unpaired) electrons. The topological polar surface area (TPSA) is 66.0 Å². The van der Waals surface area contributed by atoms with Gasteiger partial charge in [-0.15, -0.1) is 0 Å². The molecule has 0 bridgehead atoms. The maximum Gasteiger partial charge on any atom is 0.407 e. The number of hydrogen-bond acceptors (Lipinski definition) is 5. The van der Waals surface area contributed by atoms with Crippen LogP contribution >= 0.6 is 15.9 Å². The molecule has 0 aliphatic heterocycles. The molecule has 2 aromatic carbocycles. The smallest absolute Gasteiger partial charge is 0.407 e. The van der Waals surface area contributed by atoms with Crippen LogP contribution in [0.25, 0.3) is 11.1 Å². The van der Waals surface area contributed by atoms with Gasteiger partial charge in [0.15, 0.2) is 0 Å². The molecule has 2 aromatic rings. The second-order valence-corrected chi connectivity index (χ2v) is 7.92. The Labute approximate surface area is 192 Å². The third-order valence-electron chi connectivity index (χ3n) is 5.04. The molecule has 0 saturated heterocycles. The van der Waals surface area contributed by atoms with Crippen LogP contribution in [0.4, 0.5) is 4.79 Å². The Kier molecular flexibility index (Phi) is 10.3. The molecule has 0 unspecified atom stereocenters. The Morgan fingerprint density at radius 2 is 1.35 bits per heavy atom. The quantitative estimate of drug-likeness (QED) is 0.314. The highest BCUT2D eigenvalue weighted by molar-refractivity contribution is 9.09. The van der Waals surface area contributed by atoms with Crippen molar-refractivity contribution in [3.8, 4) is 11.1 Å². The van der Waals surface area contributed by atoms with Gasteiger partial charge in [-0.25, -0.2) is 4.79 Å². The third kappa shape index (κ3) is 7.31. The van der Waals surface area contributed by atoms with Gasteiger partial charge < -0.3 is 24.3 Å². The molecule has 0 heterocycles. The van der Waals surface area contributed by atoms with Crippen molar-refractivity contribution >= 4 is 22.0 Å². The van der Waals surface area contributed by atoms with Gasteiger partial charge in [-0.1, -0.05) is 64.5 Å². The number of carbonyl (C=O) groups is 1. The molecule has 0 aromatic heterocycles. The van der Waals surface area contributed by atoms with Gasteiger partial charge in [-0.3, -0.25) is 0 Å². The van der Waals surface area contributed by atoms with Crippen molar-refractivity contribution in [2.75, 3.05) is 58.1 Å². The first kappa shape index (κ1) is 23.7. The standard InChI is InChI=1S/C24H30BrNO5/c25-10-13-29-15-17-30-16-14-28-12-5-11-26-24(27)31-18-23-21-8-3-1-6-19(21)20-7-2-4-9-22(20)23/h1-4,6-9,23H,5,10-18H2,(H,26,27). The van der Waals surface area contributed by atoms with E-state index < -0.39 is 6.09 Å². The number of rotatable bonds is 14. The van der Waals surface area contributed by atoms with E-state index in [0.29, 0.717) is 52.8 Å². The Bertz CT molecular complexity index is 771. The first-order valence-corrected chi connectivity index (χ1v) is 11.8. The lowest BCUT2D eigenvalue weighted by Gasteiger charge is -2.14. The average Bonchev–Trinajstić information content (AvgIpc) is 3.12. The number of amides is 1. The van der Waals surface area contributed by atoms with Crippen molar-refractivity contribution in [2.24, 2.45) is 0 Å². The van der Waals surface area contributed by atoms with E-state index in [2.05, 4.69) is 45.5 Å². The highest BCUT2D eigenvalue weighted by Gasteiger charge is 2.28. The van der Waals surface area contributed by atoms with Crippen molar-refractivity contribution in [2.45, 2.75) is 12.3 Å². The van der Waals surface area contributed by atoms with E-state index in [0.717, 1.165) is 11.8 Å². The van der Waals surface area contributed by atoms with E-state index in [1.54, 1.807) is 0 Å². The van der Waals surface area contributed by atoms with Gasteiger partial charge in [-0.05, 0) is 28.7 Å². The molecule has 0 atom stereocenters. The first-order valence-electron chi connectivity index (χ1n) is 10.7. The molecule has 0 spiro atoms. The van der Waals surface area contributed by atoms with E-state index in [1.165, 1.54) is 22.3 Å². The van der Waals surface area contributed by atoms with Crippen molar-refractivity contribution in [3.63, 3.8) is 0 Å².